The molecule has 0 spiro atoms. The molecule has 84 heavy (non-hydrogen) atoms. The van der Waals surface area contributed by atoms with E-state index in [1.165, 1.54) is 30.5 Å². The second-order valence-corrected chi connectivity index (χ2v) is 20.8. The lowest BCUT2D eigenvalue weighted by atomic mass is 9.98. The Labute approximate surface area is 482 Å². The van der Waals surface area contributed by atoms with Crippen molar-refractivity contribution in [2.45, 2.75) is 58.7 Å². The second-order valence-electron chi connectivity index (χ2n) is 20.8. The van der Waals surface area contributed by atoms with Gasteiger partial charge in [0.1, 0.15) is 34.6 Å². The maximum Gasteiger partial charge on any atom is 0.415 e. The van der Waals surface area contributed by atoms with Crippen LogP contribution < -0.4 is 36.2 Å². The number of nitrogens with one attached hydrogen (secondary N) is 2. The summed E-state index contributed by atoms with van der Waals surface area (Å²) in [5.41, 5.74) is 9.61. The lowest BCUT2D eigenvalue weighted by Crippen LogP contribution is -2.58. The molecule has 4 amide bonds. The smallest absolute Gasteiger partial charge is 0.415 e. The number of carbonyl (C=O) groups excluding carboxylic acids is 4. The highest BCUT2D eigenvalue weighted by Gasteiger charge is 2.35. The summed E-state index contributed by atoms with van der Waals surface area (Å²) in [5.74, 6) is -0.395. The number of hydrogen-bond donors (Lipinski definition) is 6. The fourth-order valence-corrected chi connectivity index (χ4v) is 10.5. The molecule has 4 aromatic carbocycles. The number of methoxy groups -OCH3 is 1. The van der Waals surface area contributed by atoms with Gasteiger partial charge in [-0.3, -0.25) is 38.1 Å². The van der Waals surface area contributed by atoms with Gasteiger partial charge in [0, 0.05) is 102 Å². The Bertz CT molecular complexity index is 3680. The maximum atomic E-state index is 13.5. The van der Waals surface area contributed by atoms with Crippen LogP contribution in [0.5, 0.6) is 28.7 Å². The van der Waals surface area contributed by atoms with Gasteiger partial charge in [0.05, 0.1) is 37.8 Å². The van der Waals surface area contributed by atoms with Crippen molar-refractivity contribution in [3.63, 3.8) is 0 Å². The van der Waals surface area contributed by atoms with E-state index in [2.05, 4.69) is 40.7 Å². The van der Waals surface area contributed by atoms with Crippen molar-refractivity contribution in [1.29, 1.82) is 0 Å². The molecule has 7 aromatic rings. The fourth-order valence-electron chi connectivity index (χ4n) is 10.5. The Hall–Kier alpha value is -9.69. The molecule has 1 atom stereocenters. The molecule has 438 valence electrons. The Morgan fingerprint density at radius 3 is 2.30 bits per heavy atom. The molecule has 0 saturated carbocycles. The Morgan fingerprint density at radius 1 is 0.869 bits per heavy atom. The number of rotatable bonds is 18. The van der Waals surface area contributed by atoms with Gasteiger partial charge in [-0.25, -0.2) is 19.7 Å². The molecule has 2 fully saturated rings. The van der Waals surface area contributed by atoms with E-state index in [1.807, 2.05) is 49.1 Å². The number of carbonyl (C=O) groups is 5. The number of nitrogens with two attached hydrogens (primary N) is 1. The number of aromatic hydroxyl groups is 2. The third kappa shape index (κ3) is 12.5. The van der Waals surface area contributed by atoms with E-state index in [0.717, 1.165) is 16.5 Å². The van der Waals surface area contributed by atoms with E-state index < -0.39 is 29.9 Å². The van der Waals surface area contributed by atoms with Crippen molar-refractivity contribution in [1.82, 2.24) is 59.2 Å². The van der Waals surface area contributed by atoms with Crippen LogP contribution in [0.4, 0.5) is 16.6 Å². The van der Waals surface area contributed by atoms with Gasteiger partial charge in [0.25, 0.3) is 11.8 Å². The number of ether oxygens (including phenoxy) is 3. The Kier molecular flexibility index (Phi) is 17.3. The number of benzene rings is 4. The third-order valence-corrected chi connectivity index (χ3v) is 14.9. The summed E-state index contributed by atoms with van der Waals surface area (Å²) in [7, 11) is 1.49. The molecule has 1 unspecified atom stereocenters. The van der Waals surface area contributed by atoms with E-state index in [9.17, 15) is 39.3 Å². The van der Waals surface area contributed by atoms with Crippen LogP contribution in [0.25, 0.3) is 28.0 Å². The van der Waals surface area contributed by atoms with Crippen LogP contribution in [0, 0.1) is 0 Å². The van der Waals surface area contributed by atoms with E-state index in [0.29, 0.717) is 105 Å². The summed E-state index contributed by atoms with van der Waals surface area (Å²) < 4.78 is 21.0. The molecule has 26 nitrogen and oxygen atoms in total. The minimum absolute atomic E-state index is 0.0302. The number of piperazine rings is 2. The number of aliphatic carboxylic acids is 1. The maximum absolute atomic E-state index is 13.5. The van der Waals surface area contributed by atoms with Crippen LogP contribution in [0.2, 0.25) is 0 Å². The molecule has 10 rings (SSSR count). The summed E-state index contributed by atoms with van der Waals surface area (Å²) in [6.07, 6.45) is 2.52. The summed E-state index contributed by atoms with van der Waals surface area (Å²) in [4.78, 5) is 89.7. The molecule has 0 bridgehead atoms. The van der Waals surface area contributed by atoms with Crippen LogP contribution in [0.3, 0.4) is 0 Å². The number of carboxylic acid groups (broad SMARTS) is 1. The molecule has 3 aromatic heterocycles. The van der Waals surface area contributed by atoms with Crippen molar-refractivity contribution < 1.29 is 53.5 Å². The quantitative estimate of drug-likeness (QED) is 0.0660. The normalized spacial score (nSPS) is 15.7. The molecule has 3 aliphatic rings. The van der Waals surface area contributed by atoms with Gasteiger partial charge >= 0.3 is 12.1 Å². The van der Waals surface area contributed by atoms with Crippen LogP contribution in [-0.2, 0) is 29.1 Å². The first-order chi connectivity index (χ1) is 40.6. The van der Waals surface area contributed by atoms with Crippen molar-refractivity contribution in [2.75, 3.05) is 90.2 Å². The van der Waals surface area contributed by atoms with Crippen molar-refractivity contribution in [2.24, 2.45) is 4.99 Å². The number of phenolic OH excluding ortho intramolecular Hbond substituents is 2. The highest BCUT2D eigenvalue weighted by atomic mass is 16.6. The molecule has 26 heteroatoms. The summed E-state index contributed by atoms with van der Waals surface area (Å²) in [6.45, 7) is 11.1. The molecular formula is C58H65N15O11. The summed E-state index contributed by atoms with van der Waals surface area (Å²) in [5, 5.41) is 47.0. The van der Waals surface area contributed by atoms with E-state index in [4.69, 9.17) is 24.9 Å². The number of hydrogen-bond acceptors (Lipinski definition) is 19. The van der Waals surface area contributed by atoms with Gasteiger partial charge in [0.2, 0.25) is 23.3 Å². The van der Waals surface area contributed by atoms with Gasteiger partial charge in [0.15, 0.2) is 17.3 Å². The van der Waals surface area contributed by atoms with Gasteiger partial charge < -0.3 is 55.7 Å². The number of anilines is 2. The van der Waals surface area contributed by atoms with Crippen molar-refractivity contribution in [3.8, 4) is 45.8 Å². The van der Waals surface area contributed by atoms with E-state index in [1.54, 1.807) is 57.4 Å². The van der Waals surface area contributed by atoms with Crippen molar-refractivity contribution in [3.05, 3.63) is 119 Å². The Morgan fingerprint density at radius 2 is 1.60 bits per heavy atom. The zero-order valence-electron chi connectivity index (χ0n) is 46.9. The minimum Gasteiger partial charge on any atom is -0.508 e. The third-order valence-electron chi connectivity index (χ3n) is 14.9. The second kappa shape index (κ2) is 25.2. The lowest BCUT2D eigenvalue weighted by molar-refractivity contribution is -0.145. The van der Waals surface area contributed by atoms with Crippen LogP contribution in [0.15, 0.2) is 90.2 Å². The predicted octanol–water partition coefficient (Wildman–Crippen LogP) is 4.04. The van der Waals surface area contributed by atoms with Crippen molar-refractivity contribution >= 4 is 52.5 Å². The largest absolute Gasteiger partial charge is 0.508 e. The molecule has 7 N–H and O–H groups in total. The highest BCUT2D eigenvalue weighted by Crippen LogP contribution is 2.39. The summed E-state index contributed by atoms with van der Waals surface area (Å²) in [6, 6.07) is 19.9. The topological polar surface area (TPSA) is 323 Å². The minimum atomic E-state index is -1.08. The number of fused-ring (bicyclic) bond motifs is 3. The van der Waals surface area contributed by atoms with E-state index >= 15 is 0 Å². The first-order valence-corrected chi connectivity index (χ1v) is 27.6. The first-order valence-electron chi connectivity index (χ1n) is 27.6. The molecule has 3 aliphatic heterocycles. The number of nitrogens with zero attached hydrogens (tertiary/aromatic N) is 12. The molecule has 6 heterocycles. The zero-order chi connectivity index (χ0) is 59.2. The van der Waals surface area contributed by atoms with Gasteiger partial charge in [-0.15, -0.1) is 10.2 Å². The molecule has 0 radical (unpaired) electrons. The number of amides is 4. The Balaban J connectivity index is 0.683. The zero-order valence-corrected chi connectivity index (χ0v) is 46.9. The van der Waals surface area contributed by atoms with Crippen LogP contribution in [-0.4, -0.2) is 184 Å². The standard InChI is InChI=1S/C58H65N15O11/c1-5-60-54(78)52-67-66-51(42-28-41(34(2)3)44(74)29-45(42)75)73(52)38-11-7-36(8-12-38)32-68-20-22-70(23-21-68)47(76)27-35-9-13-39(14-10-35)84-58(81)71-25-24-69(43(33-71)55(79)80)18-6-26-83-46-16-15-40-48(49(46)82-4)64-57(72-19-17-61-50(40)72)65-53(77)37-30-62-56(59)63-31-37/h7-16,28-31,34,43,61,74-75H,5-6,17-27,32-33H2,1-4H3,(H,60,78)(H,79,80)(H2,59,62,63). The van der Waals surface area contributed by atoms with E-state index in [-0.39, 0.29) is 90.5 Å². The number of phenols is 2. The SMILES string of the molecule is CCNC(=O)c1nnc(-c2cc(C(C)C)c(O)cc2O)n1-c1ccc(CN2CCN(C(=O)Cc3ccc(OC(=O)N4CCN(CCCOc5ccc6c7n(c(=NC(=O)c8cnc(N)nc8)nc6c5OC)CCN7)C(C(=O)O)C4)cc3)CC2)cc1. The predicted molar refractivity (Wildman–Crippen MR) is 306 cm³/mol. The van der Waals surface area contributed by atoms with Crippen LogP contribution in [0.1, 0.15) is 70.8 Å². The first kappa shape index (κ1) is 57.5. The molecule has 0 aliphatic carbocycles. The number of carboxylic acids is 1. The van der Waals surface area contributed by atoms with Crippen LogP contribution >= 0.6 is 0 Å². The number of aromatic nitrogens is 7. The number of nitrogen functional groups attached to an aromatic ring is 1. The highest BCUT2D eigenvalue weighted by molar-refractivity contribution is 5.97. The average molecular weight is 1150 g/mol. The lowest BCUT2D eigenvalue weighted by Gasteiger charge is -2.38. The summed E-state index contributed by atoms with van der Waals surface area (Å²) >= 11 is 0. The average Bonchev–Trinajstić information content (AvgIpc) is 2.55. The van der Waals surface area contributed by atoms with Gasteiger partial charge in [-0.1, -0.05) is 38.1 Å². The fraction of sp³-hybridized carbons (Fsp3) is 0.362. The molecular weight excluding hydrogens is 1080 g/mol. The monoisotopic (exact) mass is 1150 g/mol. The van der Waals surface area contributed by atoms with Gasteiger partial charge in [-0.05, 0) is 78.4 Å². The molecule has 2 saturated heterocycles. The van der Waals surface area contributed by atoms with Gasteiger partial charge in [-0.2, -0.15) is 4.99 Å².